The molecule has 2 N–H and O–H groups in total. The van der Waals surface area contributed by atoms with Crippen molar-refractivity contribution in [1.29, 1.82) is 0 Å². The van der Waals surface area contributed by atoms with E-state index in [9.17, 15) is 4.79 Å². The Morgan fingerprint density at radius 2 is 1.96 bits per heavy atom. The minimum Gasteiger partial charge on any atom is -0.382 e. The monoisotopic (exact) mass is 357 g/mol. The molecule has 0 atom stereocenters. The quantitative estimate of drug-likeness (QED) is 0.723. The number of aromatic nitrogens is 4. The summed E-state index contributed by atoms with van der Waals surface area (Å²) in [7, 11) is 1.84. The molecule has 0 saturated carbocycles. The molecule has 6 nitrogen and oxygen atoms in total. The highest BCUT2D eigenvalue weighted by Gasteiger charge is 2.36. The SMILES string of the molecule is Cc1nn(-c2cc3c(cc2Cl)c(N)nn3C)c2c1C(=O)CC(C)(C)C2. The molecular weight excluding hydrogens is 338 g/mol. The maximum absolute atomic E-state index is 12.6. The van der Waals surface area contributed by atoms with Crippen molar-refractivity contribution in [2.45, 2.75) is 33.6 Å². The number of carbonyl (C=O) groups excluding carboxylic acids is 1. The molecular formula is C18H20ClN5O. The summed E-state index contributed by atoms with van der Waals surface area (Å²) >= 11 is 6.54. The minimum atomic E-state index is -0.0954. The Labute approximate surface area is 150 Å². The van der Waals surface area contributed by atoms with E-state index in [1.54, 1.807) is 4.68 Å². The molecule has 3 aromatic rings. The van der Waals surface area contributed by atoms with Crippen LogP contribution in [0.2, 0.25) is 5.02 Å². The lowest BCUT2D eigenvalue weighted by Gasteiger charge is -2.29. The van der Waals surface area contributed by atoms with E-state index in [4.69, 9.17) is 17.3 Å². The van der Waals surface area contributed by atoms with Crippen LogP contribution in [0.4, 0.5) is 5.82 Å². The summed E-state index contributed by atoms with van der Waals surface area (Å²) in [6.07, 6.45) is 1.31. The van der Waals surface area contributed by atoms with Crippen LogP contribution in [0, 0.1) is 12.3 Å². The standard InChI is InChI=1S/C18H20ClN5O/c1-9-16-14(7-18(2,3)8-15(16)25)24(21-9)13-6-12-10(5-11(13)19)17(20)22-23(12)4/h5-6H,7-8H2,1-4H3,(H2,20,22). The van der Waals surface area contributed by atoms with Crippen molar-refractivity contribution in [2.75, 3.05) is 5.73 Å². The third kappa shape index (κ3) is 2.35. The Morgan fingerprint density at radius 3 is 2.68 bits per heavy atom. The maximum atomic E-state index is 12.6. The van der Waals surface area contributed by atoms with Crippen molar-refractivity contribution in [3.05, 3.63) is 34.1 Å². The molecule has 2 heterocycles. The number of Topliss-reactive ketones (excluding diaryl/α,β-unsaturated/α-hetero) is 1. The largest absolute Gasteiger partial charge is 0.382 e. The van der Waals surface area contributed by atoms with E-state index in [1.807, 2.05) is 30.8 Å². The predicted molar refractivity (Wildman–Crippen MR) is 98.4 cm³/mol. The van der Waals surface area contributed by atoms with Crippen LogP contribution in [0.3, 0.4) is 0 Å². The van der Waals surface area contributed by atoms with Crippen LogP contribution in [-0.2, 0) is 13.5 Å². The van der Waals surface area contributed by atoms with Gasteiger partial charge in [0.05, 0.1) is 33.2 Å². The Balaban J connectivity index is 1.99. The highest BCUT2D eigenvalue weighted by molar-refractivity contribution is 6.33. The molecule has 4 rings (SSSR count). The number of ketones is 1. The van der Waals surface area contributed by atoms with Gasteiger partial charge in [0.2, 0.25) is 0 Å². The Morgan fingerprint density at radius 1 is 1.24 bits per heavy atom. The second-order valence-electron chi connectivity index (χ2n) is 7.59. The van der Waals surface area contributed by atoms with Gasteiger partial charge >= 0.3 is 0 Å². The number of halogens is 1. The summed E-state index contributed by atoms with van der Waals surface area (Å²) in [5.74, 6) is 0.595. The molecule has 0 fully saturated rings. The Bertz CT molecular complexity index is 1040. The van der Waals surface area contributed by atoms with Gasteiger partial charge in [-0.25, -0.2) is 4.68 Å². The minimum absolute atomic E-state index is 0.0954. The summed E-state index contributed by atoms with van der Waals surface area (Å²) in [6.45, 7) is 6.08. The molecule has 7 heteroatoms. The average Bonchev–Trinajstić information content (AvgIpc) is 2.95. The molecule has 0 spiro atoms. The average molecular weight is 358 g/mol. The fourth-order valence-electron chi connectivity index (χ4n) is 3.79. The third-order valence-corrected chi connectivity index (χ3v) is 5.20. The molecule has 25 heavy (non-hydrogen) atoms. The number of carbonyl (C=O) groups is 1. The smallest absolute Gasteiger partial charge is 0.167 e. The number of nitrogens with zero attached hydrogens (tertiary/aromatic N) is 4. The first-order valence-corrected chi connectivity index (χ1v) is 8.59. The molecule has 0 aliphatic heterocycles. The van der Waals surface area contributed by atoms with E-state index >= 15 is 0 Å². The lowest BCUT2D eigenvalue weighted by atomic mass is 9.75. The first-order valence-electron chi connectivity index (χ1n) is 8.22. The maximum Gasteiger partial charge on any atom is 0.167 e. The Hall–Kier alpha value is -2.34. The second kappa shape index (κ2) is 5.08. The van der Waals surface area contributed by atoms with Crippen LogP contribution >= 0.6 is 11.6 Å². The predicted octanol–water partition coefficient (Wildman–Crippen LogP) is 3.46. The first-order chi connectivity index (χ1) is 11.7. The first kappa shape index (κ1) is 16.1. The Kier molecular flexibility index (Phi) is 3.28. The molecule has 130 valence electrons. The number of aryl methyl sites for hydroxylation is 2. The summed E-state index contributed by atoms with van der Waals surface area (Å²) in [5.41, 5.74) is 9.88. The summed E-state index contributed by atoms with van der Waals surface area (Å²) in [6, 6.07) is 3.74. The molecule has 0 radical (unpaired) electrons. The van der Waals surface area contributed by atoms with Gasteiger partial charge in [-0.2, -0.15) is 10.2 Å². The van der Waals surface area contributed by atoms with Crippen LogP contribution < -0.4 is 5.73 Å². The highest BCUT2D eigenvalue weighted by atomic mass is 35.5. The number of nitrogens with two attached hydrogens (primary N) is 1. The fraction of sp³-hybridized carbons (Fsp3) is 0.389. The van der Waals surface area contributed by atoms with Crippen molar-refractivity contribution in [3.63, 3.8) is 0 Å². The molecule has 1 aromatic carbocycles. The van der Waals surface area contributed by atoms with Crippen molar-refractivity contribution in [3.8, 4) is 5.69 Å². The topological polar surface area (TPSA) is 78.7 Å². The molecule has 2 aromatic heterocycles. The van der Waals surface area contributed by atoms with Crippen LogP contribution in [0.15, 0.2) is 12.1 Å². The van der Waals surface area contributed by atoms with Crippen molar-refractivity contribution in [2.24, 2.45) is 12.5 Å². The molecule has 1 aliphatic carbocycles. The van der Waals surface area contributed by atoms with Gasteiger partial charge in [0.15, 0.2) is 11.6 Å². The van der Waals surface area contributed by atoms with Crippen LogP contribution in [0.25, 0.3) is 16.6 Å². The van der Waals surface area contributed by atoms with Crippen LogP contribution in [-0.4, -0.2) is 25.3 Å². The van der Waals surface area contributed by atoms with Crippen LogP contribution in [0.1, 0.15) is 42.0 Å². The zero-order valence-electron chi connectivity index (χ0n) is 14.7. The van der Waals surface area contributed by atoms with E-state index in [0.717, 1.165) is 40.0 Å². The van der Waals surface area contributed by atoms with Gasteiger partial charge in [-0.15, -0.1) is 0 Å². The molecule has 1 aliphatic rings. The van der Waals surface area contributed by atoms with Crippen LogP contribution in [0.5, 0.6) is 0 Å². The van der Waals surface area contributed by atoms with Gasteiger partial charge < -0.3 is 5.73 Å². The van der Waals surface area contributed by atoms with Gasteiger partial charge in [-0.05, 0) is 30.9 Å². The zero-order chi connectivity index (χ0) is 18.1. The molecule has 0 bridgehead atoms. The van der Waals surface area contributed by atoms with Gasteiger partial charge in [0.1, 0.15) is 0 Å². The van der Waals surface area contributed by atoms with E-state index in [2.05, 4.69) is 24.0 Å². The number of fused-ring (bicyclic) bond motifs is 2. The summed E-state index contributed by atoms with van der Waals surface area (Å²) in [4.78, 5) is 12.6. The number of rotatable bonds is 1. The van der Waals surface area contributed by atoms with Gasteiger partial charge in [-0.1, -0.05) is 25.4 Å². The van der Waals surface area contributed by atoms with Crippen molar-refractivity contribution < 1.29 is 4.79 Å². The number of benzene rings is 1. The van der Waals surface area contributed by atoms with Crippen molar-refractivity contribution >= 4 is 34.1 Å². The van der Waals surface area contributed by atoms with Gasteiger partial charge in [-0.3, -0.25) is 9.48 Å². The van der Waals surface area contributed by atoms with Gasteiger partial charge in [0, 0.05) is 18.9 Å². The summed E-state index contributed by atoms with van der Waals surface area (Å²) in [5, 5.41) is 10.2. The number of hydrogen-bond acceptors (Lipinski definition) is 4. The number of nitrogen functional groups attached to an aromatic ring is 1. The lowest BCUT2D eigenvalue weighted by Crippen LogP contribution is -2.28. The third-order valence-electron chi connectivity index (χ3n) is 4.90. The number of hydrogen-bond donors (Lipinski definition) is 1. The van der Waals surface area contributed by atoms with E-state index in [1.165, 1.54) is 0 Å². The van der Waals surface area contributed by atoms with E-state index in [-0.39, 0.29) is 11.2 Å². The number of anilines is 1. The van der Waals surface area contributed by atoms with E-state index in [0.29, 0.717) is 17.3 Å². The zero-order valence-corrected chi connectivity index (χ0v) is 15.5. The molecule has 0 amide bonds. The highest BCUT2D eigenvalue weighted by Crippen LogP contribution is 2.38. The molecule has 0 unspecified atom stereocenters. The van der Waals surface area contributed by atoms with E-state index < -0.39 is 0 Å². The van der Waals surface area contributed by atoms with Crippen molar-refractivity contribution in [1.82, 2.24) is 19.6 Å². The lowest BCUT2D eigenvalue weighted by molar-refractivity contribution is 0.0910. The second-order valence-corrected chi connectivity index (χ2v) is 8.00. The molecule has 0 saturated heterocycles. The fourth-order valence-corrected chi connectivity index (χ4v) is 4.04. The van der Waals surface area contributed by atoms with Gasteiger partial charge in [0.25, 0.3) is 0 Å². The summed E-state index contributed by atoms with van der Waals surface area (Å²) < 4.78 is 3.54. The normalized spacial score (nSPS) is 16.4.